The number of piperazine rings is 1. The van der Waals surface area contributed by atoms with Gasteiger partial charge in [-0.3, -0.25) is 4.90 Å². The summed E-state index contributed by atoms with van der Waals surface area (Å²) in [5.74, 6) is 1.43. The lowest BCUT2D eigenvalue weighted by Crippen LogP contribution is -2.52. The molecule has 4 rings (SSSR count). The molecule has 0 atom stereocenters. The third-order valence-electron chi connectivity index (χ3n) is 5.68. The summed E-state index contributed by atoms with van der Waals surface area (Å²) in [7, 11) is 0. The highest BCUT2D eigenvalue weighted by Crippen LogP contribution is 2.25. The van der Waals surface area contributed by atoms with Crippen molar-refractivity contribution in [2.24, 2.45) is 0 Å². The van der Waals surface area contributed by atoms with Crippen molar-refractivity contribution in [1.82, 2.24) is 20.1 Å². The van der Waals surface area contributed by atoms with Gasteiger partial charge in [0.15, 0.2) is 0 Å². The molecular formula is C21H27ClN4O2. The highest BCUT2D eigenvalue weighted by Gasteiger charge is 2.25. The maximum absolute atomic E-state index is 12.4. The van der Waals surface area contributed by atoms with E-state index in [-0.39, 0.29) is 6.03 Å². The molecule has 2 fully saturated rings. The molecule has 1 aromatic carbocycles. The van der Waals surface area contributed by atoms with Crippen LogP contribution in [0.25, 0.3) is 11.5 Å². The summed E-state index contributed by atoms with van der Waals surface area (Å²) in [6.07, 6.45) is 4.69. The minimum Gasteiger partial charge on any atom is -0.441 e. The number of carbonyl (C=O) groups is 1. The van der Waals surface area contributed by atoms with Crippen LogP contribution in [0.5, 0.6) is 0 Å². The Morgan fingerprint density at radius 1 is 1.25 bits per heavy atom. The first kappa shape index (κ1) is 19.3. The smallest absolute Gasteiger partial charge is 0.317 e. The van der Waals surface area contributed by atoms with E-state index in [1.165, 1.54) is 12.8 Å². The number of urea groups is 1. The molecule has 0 radical (unpaired) electrons. The van der Waals surface area contributed by atoms with Gasteiger partial charge < -0.3 is 14.6 Å². The van der Waals surface area contributed by atoms with Gasteiger partial charge in [-0.25, -0.2) is 9.78 Å². The minimum absolute atomic E-state index is 0.0902. The predicted molar refractivity (Wildman–Crippen MR) is 109 cm³/mol. The molecule has 0 bridgehead atoms. The Kier molecular flexibility index (Phi) is 5.87. The van der Waals surface area contributed by atoms with Crippen LogP contribution in [-0.4, -0.2) is 53.0 Å². The summed E-state index contributed by atoms with van der Waals surface area (Å²) in [5.41, 5.74) is 1.83. The first-order chi connectivity index (χ1) is 13.6. The maximum atomic E-state index is 12.4. The van der Waals surface area contributed by atoms with E-state index in [9.17, 15) is 4.79 Å². The Labute approximate surface area is 170 Å². The van der Waals surface area contributed by atoms with Gasteiger partial charge in [0.05, 0.1) is 5.69 Å². The van der Waals surface area contributed by atoms with Gasteiger partial charge in [-0.05, 0) is 38.0 Å². The second-order valence-corrected chi connectivity index (χ2v) is 8.16. The second kappa shape index (κ2) is 8.53. The van der Waals surface area contributed by atoms with E-state index in [4.69, 9.17) is 16.0 Å². The molecule has 2 amide bonds. The molecule has 150 valence electrons. The number of nitrogens with zero attached hydrogens (tertiary/aromatic N) is 3. The highest BCUT2D eigenvalue weighted by atomic mass is 35.5. The van der Waals surface area contributed by atoms with Crippen LogP contribution in [0.1, 0.15) is 37.1 Å². The molecule has 1 aliphatic carbocycles. The minimum atomic E-state index is 0.0902. The molecule has 6 nitrogen and oxygen atoms in total. The van der Waals surface area contributed by atoms with Crippen molar-refractivity contribution in [2.45, 2.75) is 45.2 Å². The lowest BCUT2D eigenvalue weighted by Gasteiger charge is -2.35. The molecule has 0 spiro atoms. The zero-order valence-corrected chi connectivity index (χ0v) is 17.0. The van der Waals surface area contributed by atoms with Crippen molar-refractivity contribution in [2.75, 3.05) is 26.2 Å². The van der Waals surface area contributed by atoms with Crippen LogP contribution in [0.2, 0.25) is 5.02 Å². The molecular weight excluding hydrogens is 376 g/mol. The number of hydrogen-bond donors (Lipinski definition) is 1. The Balaban J connectivity index is 1.32. The van der Waals surface area contributed by atoms with Gasteiger partial charge in [0, 0.05) is 49.4 Å². The summed E-state index contributed by atoms with van der Waals surface area (Å²) < 4.78 is 5.86. The fourth-order valence-corrected chi connectivity index (χ4v) is 4.17. The predicted octanol–water partition coefficient (Wildman–Crippen LogP) is 4.07. The van der Waals surface area contributed by atoms with Gasteiger partial charge in [-0.15, -0.1) is 0 Å². The van der Waals surface area contributed by atoms with E-state index >= 15 is 0 Å². The van der Waals surface area contributed by atoms with Crippen molar-refractivity contribution in [1.29, 1.82) is 0 Å². The number of carbonyl (C=O) groups excluding carboxylic acids is 1. The van der Waals surface area contributed by atoms with E-state index in [1.54, 1.807) is 0 Å². The maximum Gasteiger partial charge on any atom is 0.317 e. The van der Waals surface area contributed by atoms with Crippen LogP contribution in [0.3, 0.4) is 0 Å². The molecule has 1 saturated carbocycles. The van der Waals surface area contributed by atoms with E-state index in [1.807, 2.05) is 36.1 Å². The molecule has 28 heavy (non-hydrogen) atoms. The SMILES string of the molecule is Cc1oc(-c2cccc(Cl)c2)nc1CN1CCN(C(=O)NC2CCCC2)CC1. The third kappa shape index (κ3) is 4.50. The number of hydrogen-bond acceptors (Lipinski definition) is 4. The number of benzene rings is 1. The Hall–Kier alpha value is -2.05. The van der Waals surface area contributed by atoms with Crippen LogP contribution in [0.15, 0.2) is 28.7 Å². The summed E-state index contributed by atoms with van der Waals surface area (Å²) in [6, 6.07) is 8.00. The van der Waals surface area contributed by atoms with Gasteiger partial charge in [0.25, 0.3) is 0 Å². The molecule has 1 aliphatic heterocycles. The molecule has 1 aromatic heterocycles. The number of amides is 2. The third-order valence-corrected chi connectivity index (χ3v) is 5.91. The Morgan fingerprint density at radius 2 is 2.00 bits per heavy atom. The topological polar surface area (TPSA) is 61.6 Å². The zero-order valence-electron chi connectivity index (χ0n) is 16.3. The number of halogens is 1. The zero-order chi connectivity index (χ0) is 19.5. The van der Waals surface area contributed by atoms with E-state index < -0.39 is 0 Å². The lowest BCUT2D eigenvalue weighted by molar-refractivity contribution is 0.132. The number of rotatable bonds is 4. The molecule has 2 aromatic rings. The highest BCUT2D eigenvalue weighted by molar-refractivity contribution is 6.30. The monoisotopic (exact) mass is 402 g/mol. The molecule has 2 heterocycles. The van der Waals surface area contributed by atoms with Crippen LogP contribution in [0, 0.1) is 6.92 Å². The lowest BCUT2D eigenvalue weighted by atomic mass is 10.2. The Bertz CT molecular complexity index is 824. The summed E-state index contributed by atoms with van der Waals surface area (Å²) in [4.78, 5) is 21.4. The van der Waals surface area contributed by atoms with Crippen LogP contribution in [-0.2, 0) is 6.54 Å². The molecule has 1 saturated heterocycles. The average molecular weight is 403 g/mol. The number of nitrogens with one attached hydrogen (secondary N) is 1. The number of aromatic nitrogens is 1. The fraction of sp³-hybridized carbons (Fsp3) is 0.524. The van der Waals surface area contributed by atoms with Gasteiger partial charge in [0.2, 0.25) is 5.89 Å². The van der Waals surface area contributed by atoms with Crippen molar-refractivity contribution >= 4 is 17.6 Å². The Morgan fingerprint density at radius 3 is 2.71 bits per heavy atom. The van der Waals surface area contributed by atoms with Crippen LogP contribution >= 0.6 is 11.6 Å². The first-order valence-corrected chi connectivity index (χ1v) is 10.5. The van der Waals surface area contributed by atoms with E-state index in [2.05, 4.69) is 15.2 Å². The fourth-order valence-electron chi connectivity index (χ4n) is 3.98. The summed E-state index contributed by atoms with van der Waals surface area (Å²) in [6.45, 7) is 5.86. The largest absolute Gasteiger partial charge is 0.441 e. The first-order valence-electron chi connectivity index (χ1n) is 10.1. The van der Waals surface area contributed by atoms with Crippen LogP contribution < -0.4 is 5.32 Å². The standard InChI is InChI=1S/C21H27ClN4O2/c1-15-19(24-20(28-15)16-5-4-6-17(22)13-16)14-25-9-11-26(12-10-25)21(27)23-18-7-2-3-8-18/h4-6,13,18H,2-3,7-12,14H2,1H3,(H,23,27). The average Bonchev–Trinajstić information content (AvgIpc) is 3.32. The van der Waals surface area contributed by atoms with Crippen molar-refractivity contribution in [3.63, 3.8) is 0 Å². The number of aryl methyl sites for hydroxylation is 1. The summed E-state index contributed by atoms with van der Waals surface area (Å²) in [5, 5.41) is 3.85. The molecule has 0 unspecified atom stereocenters. The summed E-state index contributed by atoms with van der Waals surface area (Å²) >= 11 is 6.07. The van der Waals surface area contributed by atoms with Gasteiger partial charge >= 0.3 is 6.03 Å². The quantitative estimate of drug-likeness (QED) is 0.837. The molecule has 7 heteroatoms. The number of oxazole rings is 1. The van der Waals surface area contributed by atoms with Crippen molar-refractivity contribution in [3.05, 3.63) is 40.7 Å². The normalized spacial score (nSPS) is 18.6. The molecule has 1 N–H and O–H groups in total. The van der Waals surface area contributed by atoms with Gasteiger partial charge in [-0.2, -0.15) is 0 Å². The van der Waals surface area contributed by atoms with Gasteiger partial charge in [0.1, 0.15) is 5.76 Å². The van der Waals surface area contributed by atoms with Crippen molar-refractivity contribution < 1.29 is 9.21 Å². The van der Waals surface area contributed by atoms with E-state index in [0.29, 0.717) is 17.0 Å². The van der Waals surface area contributed by atoms with Crippen molar-refractivity contribution in [3.8, 4) is 11.5 Å². The molecule has 2 aliphatic rings. The van der Waals surface area contributed by atoms with Crippen LogP contribution in [0.4, 0.5) is 4.79 Å². The second-order valence-electron chi connectivity index (χ2n) is 7.73. The van der Waals surface area contributed by atoms with E-state index in [0.717, 1.165) is 62.6 Å². The van der Waals surface area contributed by atoms with Gasteiger partial charge in [-0.1, -0.05) is 30.5 Å².